The van der Waals surface area contributed by atoms with Crippen molar-refractivity contribution in [1.29, 1.82) is 0 Å². The van der Waals surface area contributed by atoms with Crippen molar-refractivity contribution in [3.63, 3.8) is 0 Å². The molecule has 2 aromatic heterocycles. The van der Waals surface area contributed by atoms with Gasteiger partial charge in [-0.15, -0.1) is 0 Å². The van der Waals surface area contributed by atoms with Gasteiger partial charge in [0.25, 0.3) is 5.91 Å². The van der Waals surface area contributed by atoms with Crippen LogP contribution in [0.4, 0.5) is 0 Å². The highest BCUT2D eigenvalue weighted by Gasteiger charge is 2.19. The molecule has 1 aliphatic rings. The molecule has 7 heteroatoms. The molecule has 1 aliphatic heterocycles. The summed E-state index contributed by atoms with van der Waals surface area (Å²) >= 11 is 0. The summed E-state index contributed by atoms with van der Waals surface area (Å²) in [6.07, 6.45) is 3.78. The van der Waals surface area contributed by atoms with Gasteiger partial charge in [0.15, 0.2) is 0 Å². The van der Waals surface area contributed by atoms with E-state index in [1.807, 2.05) is 23.3 Å². The highest BCUT2D eigenvalue weighted by molar-refractivity contribution is 5.96. The van der Waals surface area contributed by atoms with Crippen molar-refractivity contribution in [2.45, 2.75) is 39.7 Å². The van der Waals surface area contributed by atoms with E-state index >= 15 is 0 Å². The number of aromatic nitrogens is 2. The third-order valence-electron chi connectivity index (χ3n) is 4.71. The molecule has 1 saturated heterocycles. The number of aryl methyl sites for hydroxylation is 2. The number of fused-ring (bicyclic) bond motifs is 1. The molecule has 3 rings (SSSR count). The summed E-state index contributed by atoms with van der Waals surface area (Å²) in [4.78, 5) is 43.0. The van der Waals surface area contributed by atoms with Crippen LogP contribution in [0.25, 0.3) is 11.0 Å². The van der Waals surface area contributed by atoms with Gasteiger partial charge in [-0.2, -0.15) is 0 Å². The molecule has 138 valence electrons. The number of rotatable bonds is 6. The van der Waals surface area contributed by atoms with Crippen LogP contribution < -0.4 is 10.7 Å². The Balaban J connectivity index is 1.71. The number of likely N-dealkylation sites (tertiary alicyclic amines) is 1. The number of carbonyl (C=O) groups is 2. The second-order valence-electron chi connectivity index (χ2n) is 6.58. The predicted octanol–water partition coefficient (Wildman–Crippen LogP) is 1.47. The van der Waals surface area contributed by atoms with Gasteiger partial charge in [-0.3, -0.25) is 14.4 Å². The molecule has 1 fully saturated rings. The molecule has 7 nitrogen and oxygen atoms in total. The Morgan fingerprint density at radius 1 is 1.31 bits per heavy atom. The van der Waals surface area contributed by atoms with Crippen molar-refractivity contribution in [3.05, 3.63) is 39.8 Å². The Bertz CT molecular complexity index is 904. The molecule has 3 heterocycles. The zero-order valence-electron chi connectivity index (χ0n) is 15.2. The van der Waals surface area contributed by atoms with Crippen molar-refractivity contribution in [3.8, 4) is 0 Å². The summed E-state index contributed by atoms with van der Waals surface area (Å²) in [5, 5.41) is 3.25. The Labute approximate surface area is 152 Å². The minimum absolute atomic E-state index is 0.127. The van der Waals surface area contributed by atoms with Crippen LogP contribution in [-0.4, -0.2) is 45.9 Å². The summed E-state index contributed by atoms with van der Waals surface area (Å²) in [6.45, 7) is 6.30. The van der Waals surface area contributed by atoms with Gasteiger partial charge in [-0.05, 0) is 38.8 Å². The summed E-state index contributed by atoms with van der Waals surface area (Å²) in [7, 11) is 0. The number of hydrogen-bond donors (Lipinski definition) is 1. The van der Waals surface area contributed by atoms with Crippen LogP contribution in [0, 0.1) is 6.92 Å². The Morgan fingerprint density at radius 3 is 2.81 bits per heavy atom. The van der Waals surface area contributed by atoms with E-state index in [0.717, 1.165) is 18.7 Å². The maximum Gasteiger partial charge on any atom is 0.256 e. The summed E-state index contributed by atoms with van der Waals surface area (Å²) in [5.74, 6) is -0.202. The average Bonchev–Trinajstić information content (AvgIpc) is 3.03. The Morgan fingerprint density at radius 2 is 2.12 bits per heavy atom. The van der Waals surface area contributed by atoms with Crippen molar-refractivity contribution in [1.82, 2.24) is 19.8 Å². The average molecular weight is 356 g/mol. The van der Waals surface area contributed by atoms with Crippen LogP contribution in [-0.2, 0) is 11.3 Å². The van der Waals surface area contributed by atoms with Gasteiger partial charge < -0.3 is 14.8 Å². The topological polar surface area (TPSA) is 84.3 Å². The van der Waals surface area contributed by atoms with Crippen LogP contribution in [0.1, 0.15) is 42.2 Å². The molecule has 2 amide bonds. The second kappa shape index (κ2) is 7.68. The van der Waals surface area contributed by atoms with Crippen LogP contribution in [0.5, 0.6) is 0 Å². The number of carbonyl (C=O) groups excluding carboxylic acids is 2. The molecule has 0 radical (unpaired) electrons. The summed E-state index contributed by atoms with van der Waals surface area (Å²) < 4.78 is 1.82. The molecule has 26 heavy (non-hydrogen) atoms. The van der Waals surface area contributed by atoms with E-state index in [9.17, 15) is 14.4 Å². The Kier molecular flexibility index (Phi) is 5.35. The van der Waals surface area contributed by atoms with Gasteiger partial charge in [-0.1, -0.05) is 0 Å². The fourth-order valence-electron chi connectivity index (χ4n) is 3.27. The zero-order chi connectivity index (χ0) is 18.7. The number of pyridine rings is 2. The highest BCUT2D eigenvalue weighted by Crippen LogP contribution is 2.11. The molecule has 2 aromatic rings. The molecular formula is C19H24N4O3. The standard InChI is InChI=1S/C19H24N4O3/c1-3-22-12-15(17(25)14-8-7-13(2)21-18(14)22)19(26)20-9-5-11-23-10-4-6-16(23)24/h7-8,12H,3-6,9-11H2,1-2H3,(H,20,26). The van der Waals surface area contributed by atoms with E-state index in [0.29, 0.717) is 43.5 Å². The number of amides is 2. The van der Waals surface area contributed by atoms with E-state index in [1.165, 1.54) is 0 Å². The largest absolute Gasteiger partial charge is 0.352 e. The van der Waals surface area contributed by atoms with E-state index in [2.05, 4.69) is 10.3 Å². The van der Waals surface area contributed by atoms with E-state index < -0.39 is 0 Å². The van der Waals surface area contributed by atoms with Crippen LogP contribution in [0.2, 0.25) is 0 Å². The van der Waals surface area contributed by atoms with Gasteiger partial charge >= 0.3 is 0 Å². The van der Waals surface area contributed by atoms with E-state index in [1.54, 1.807) is 18.3 Å². The van der Waals surface area contributed by atoms with Crippen molar-refractivity contribution in [2.24, 2.45) is 0 Å². The lowest BCUT2D eigenvalue weighted by Gasteiger charge is -2.15. The minimum Gasteiger partial charge on any atom is -0.352 e. The fraction of sp³-hybridized carbons (Fsp3) is 0.474. The monoisotopic (exact) mass is 356 g/mol. The van der Waals surface area contributed by atoms with Gasteiger partial charge in [0.05, 0.1) is 5.39 Å². The molecular weight excluding hydrogens is 332 g/mol. The quantitative estimate of drug-likeness (QED) is 0.795. The van der Waals surface area contributed by atoms with Crippen molar-refractivity contribution < 1.29 is 9.59 Å². The molecule has 0 aromatic carbocycles. The van der Waals surface area contributed by atoms with E-state index in [4.69, 9.17) is 0 Å². The third-order valence-corrected chi connectivity index (χ3v) is 4.71. The van der Waals surface area contributed by atoms with Gasteiger partial charge in [0, 0.05) is 44.5 Å². The molecule has 0 unspecified atom stereocenters. The highest BCUT2D eigenvalue weighted by atomic mass is 16.2. The fourth-order valence-corrected chi connectivity index (χ4v) is 3.27. The van der Waals surface area contributed by atoms with Crippen molar-refractivity contribution in [2.75, 3.05) is 19.6 Å². The SMILES string of the molecule is CCn1cc(C(=O)NCCCN2CCCC2=O)c(=O)c2ccc(C)nc21. The van der Waals surface area contributed by atoms with E-state index in [-0.39, 0.29) is 22.8 Å². The first kappa shape index (κ1) is 18.1. The Hall–Kier alpha value is -2.70. The third kappa shape index (κ3) is 3.61. The number of hydrogen-bond acceptors (Lipinski definition) is 4. The molecule has 1 N–H and O–H groups in total. The van der Waals surface area contributed by atoms with Crippen molar-refractivity contribution >= 4 is 22.8 Å². The smallest absolute Gasteiger partial charge is 0.256 e. The minimum atomic E-state index is -0.382. The maximum absolute atomic E-state index is 12.7. The van der Waals surface area contributed by atoms with Gasteiger partial charge in [0.1, 0.15) is 11.2 Å². The second-order valence-corrected chi connectivity index (χ2v) is 6.58. The van der Waals surface area contributed by atoms with Crippen LogP contribution in [0.15, 0.2) is 23.1 Å². The first-order valence-electron chi connectivity index (χ1n) is 9.08. The molecule has 0 spiro atoms. The summed E-state index contributed by atoms with van der Waals surface area (Å²) in [5.41, 5.74) is 1.25. The van der Waals surface area contributed by atoms with Gasteiger partial charge in [0.2, 0.25) is 11.3 Å². The van der Waals surface area contributed by atoms with Crippen LogP contribution in [0.3, 0.4) is 0 Å². The normalized spacial score (nSPS) is 14.2. The lowest BCUT2D eigenvalue weighted by atomic mass is 10.1. The molecule has 0 atom stereocenters. The van der Waals surface area contributed by atoms with Gasteiger partial charge in [-0.25, -0.2) is 4.98 Å². The predicted molar refractivity (Wildman–Crippen MR) is 99.2 cm³/mol. The maximum atomic E-state index is 12.7. The number of nitrogens with one attached hydrogen (secondary N) is 1. The molecule has 0 bridgehead atoms. The lowest BCUT2D eigenvalue weighted by Crippen LogP contribution is -2.33. The lowest BCUT2D eigenvalue weighted by molar-refractivity contribution is -0.127. The molecule has 0 saturated carbocycles. The summed E-state index contributed by atoms with van der Waals surface area (Å²) in [6, 6.07) is 3.50. The zero-order valence-corrected chi connectivity index (χ0v) is 15.2. The first-order chi connectivity index (χ1) is 12.5. The first-order valence-corrected chi connectivity index (χ1v) is 9.08. The number of nitrogens with zero attached hydrogens (tertiary/aromatic N) is 3. The van der Waals surface area contributed by atoms with Crippen LogP contribution >= 0.6 is 0 Å². The molecule has 0 aliphatic carbocycles.